The third-order valence-corrected chi connectivity index (χ3v) is 4.96. The molecule has 3 aromatic rings. The first-order chi connectivity index (χ1) is 13.7. The molecule has 0 bridgehead atoms. The van der Waals surface area contributed by atoms with Gasteiger partial charge in [0.15, 0.2) is 23.2 Å². The molecule has 1 aliphatic rings. The number of hydrogen-bond donors (Lipinski definition) is 1. The quantitative estimate of drug-likeness (QED) is 0.656. The molecule has 0 radical (unpaired) electrons. The van der Waals surface area contributed by atoms with E-state index < -0.39 is 0 Å². The molecule has 0 saturated heterocycles. The Balaban J connectivity index is 1.28. The average Bonchev–Trinajstić information content (AvgIpc) is 3.36. The molecule has 1 aliphatic heterocycles. The summed E-state index contributed by atoms with van der Waals surface area (Å²) < 4.78 is 21.2. The molecule has 4 rings (SSSR count). The Morgan fingerprint density at radius 2 is 1.93 bits per heavy atom. The van der Waals surface area contributed by atoms with Crippen molar-refractivity contribution < 1.29 is 23.7 Å². The standard InChI is InChI=1S/C20H18N2O5S/c1-24-14-4-2-13(3-5-14)8-16-10-21-20(28-16)22-19(23)11-25-15-6-7-17-18(9-15)27-12-26-17/h2-7,9-10H,8,11-12H2,1H3,(H,21,22,23). The van der Waals surface area contributed by atoms with Crippen molar-refractivity contribution in [3.05, 3.63) is 59.1 Å². The van der Waals surface area contributed by atoms with Crippen LogP contribution in [0.25, 0.3) is 0 Å². The molecule has 28 heavy (non-hydrogen) atoms. The van der Waals surface area contributed by atoms with E-state index in [9.17, 15) is 4.79 Å². The number of anilines is 1. The van der Waals surface area contributed by atoms with Gasteiger partial charge in [0.05, 0.1) is 7.11 Å². The number of aromatic nitrogens is 1. The minimum atomic E-state index is -0.275. The van der Waals surface area contributed by atoms with Crippen LogP contribution in [0, 0.1) is 0 Å². The zero-order chi connectivity index (χ0) is 19.3. The summed E-state index contributed by atoms with van der Waals surface area (Å²) in [5.74, 6) is 2.37. The molecule has 2 heterocycles. The van der Waals surface area contributed by atoms with E-state index in [0.29, 0.717) is 22.4 Å². The number of hydrogen-bond acceptors (Lipinski definition) is 7. The normalized spacial score (nSPS) is 11.9. The zero-order valence-corrected chi connectivity index (χ0v) is 16.0. The largest absolute Gasteiger partial charge is 0.497 e. The summed E-state index contributed by atoms with van der Waals surface area (Å²) in [4.78, 5) is 17.4. The lowest BCUT2D eigenvalue weighted by atomic mass is 10.1. The number of carbonyl (C=O) groups is 1. The van der Waals surface area contributed by atoms with E-state index >= 15 is 0 Å². The molecular formula is C20H18N2O5S. The molecule has 1 aromatic heterocycles. The second-order valence-electron chi connectivity index (χ2n) is 6.01. The van der Waals surface area contributed by atoms with Gasteiger partial charge in [-0.15, -0.1) is 11.3 Å². The molecule has 0 aliphatic carbocycles. The van der Waals surface area contributed by atoms with Crippen LogP contribution >= 0.6 is 11.3 Å². The summed E-state index contributed by atoms with van der Waals surface area (Å²) in [7, 11) is 1.64. The highest BCUT2D eigenvalue weighted by molar-refractivity contribution is 7.15. The molecular weight excluding hydrogens is 380 g/mol. The van der Waals surface area contributed by atoms with Crippen LogP contribution in [0.5, 0.6) is 23.0 Å². The van der Waals surface area contributed by atoms with Gasteiger partial charge < -0.3 is 18.9 Å². The lowest BCUT2D eigenvalue weighted by molar-refractivity contribution is -0.118. The molecule has 0 fully saturated rings. The first kappa shape index (κ1) is 18.1. The van der Waals surface area contributed by atoms with Crippen molar-refractivity contribution in [3.8, 4) is 23.0 Å². The lowest BCUT2D eigenvalue weighted by Crippen LogP contribution is -2.19. The number of carbonyl (C=O) groups excluding carboxylic acids is 1. The van der Waals surface area contributed by atoms with Crippen molar-refractivity contribution in [2.75, 3.05) is 25.8 Å². The molecule has 0 atom stereocenters. The van der Waals surface area contributed by atoms with Gasteiger partial charge in [0, 0.05) is 23.6 Å². The SMILES string of the molecule is COc1ccc(Cc2cnc(NC(=O)COc3ccc4c(c3)OCO4)s2)cc1. The number of ether oxygens (including phenoxy) is 4. The molecule has 0 unspecified atom stereocenters. The molecule has 7 nitrogen and oxygen atoms in total. The smallest absolute Gasteiger partial charge is 0.264 e. The minimum absolute atomic E-state index is 0.118. The van der Waals surface area contributed by atoms with Crippen LogP contribution in [0.4, 0.5) is 5.13 Å². The molecule has 8 heteroatoms. The van der Waals surface area contributed by atoms with E-state index in [1.807, 2.05) is 24.3 Å². The van der Waals surface area contributed by atoms with Gasteiger partial charge in [-0.25, -0.2) is 4.98 Å². The zero-order valence-electron chi connectivity index (χ0n) is 15.1. The summed E-state index contributed by atoms with van der Waals surface area (Å²) in [5, 5.41) is 3.30. The Kier molecular flexibility index (Phi) is 5.29. The highest BCUT2D eigenvalue weighted by Crippen LogP contribution is 2.35. The predicted octanol–water partition coefficient (Wildman–Crippen LogP) is 3.49. The maximum Gasteiger partial charge on any atom is 0.264 e. The van der Waals surface area contributed by atoms with Crippen LogP contribution in [-0.2, 0) is 11.2 Å². The van der Waals surface area contributed by atoms with Gasteiger partial charge in [-0.3, -0.25) is 10.1 Å². The molecule has 2 aromatic carbocycles. The fraction of sp³-hybridized carbons (Fsp3) is 0.200. The monoisotopic (exact) mass is 398 g/mol. The topological polar surface area (TPSA) is 78.9 Å². The van der Waals surface area contributed by atoms with Crippen molar-refractivity contribution in [2.45, 2.75) is 6.42 Å². The van der Waals surface area contributed by atoms with Gasteiger partial charge in [-0.1, -0.05) is 12.1 Å². The maximum absolute atomic E-state index is 12.1. The Morgan fingerprint density at radius 3 is 2.75 bits per heavy atom. The average molecular weight is 398 g/mol. The maximum atomic E-state index is 12.1. The van der Waals surface area contributed by atoms with E-state index in [1.54, 1.807) is 31.5 Å². The molecule has 0 saturated carbocycles. The molecule has 1 amide bonds. The van der Waals surface area contributed by atoms with Crippen molar-refractivity contribution in [3.63, 3.8) is 0 Å². The second-order valence-corrected chi connectivity index (χ2v) is 7.12. The van der Waals surface area contributed by atoms with E-state index in [1.165, 1.54) is 11.3 Å². The Labute approximate surface area is 165 Å². The van der Waals surface area contributed by atoms with Crippen LogP contribution in [0.3, 0.4) is 0 Å². The minimum Gasteiger partial charge on any atom is -0.497 e. The lowest BCUT2D eigenvalue weighted by Gasteiger charge is -2.06. The van der Waals surface area contributed by atoms with Crippen LogP contribution in [0.15, 0.2) is 48.7 Å². The summed E-state index contributed by atoms with van der Waals surface area (Å²) in [6.07, 6.45) is 2.51. The number of benzene rings is 2. The van der Waals surface area contributed by atoms with Crippen LogP contribution in [0.2, 0.25) is 0 Å². The number of rotatable bonds is 7. The van der Waals surface area contributed by atoms with Crippen molar-refractivity contribution >= 4 is 22.4 Å². The number of amides is 1. The highest BCUT2D eigenvalue weighted by atomic mass is 32.1. The van der Waals surface area contributed by atoms with Gasteiger partial charge in [-0.05, 0) is 29.8 Å². The number of nitrogens with one attached hydrogen (secondary N) is 1. The fourth-order valence-electron chi connectivity index (χ4n) is 2.66. The van der Waals surface area contributed by atoms with Crippen molar-refractivity contribution in [2.24, 2.45) is 0 Å². The van der Waals surface area contributed by atoms with Gasteiger partial charge in [-0.2, -0.15) is 0 Å². The van der Waals surface area contributed by atoms with Gasteiger partial charge in [0.1, 0.15) is 11.5 Å². The Bertz CT molecular complexity index is 971. The Morgan fingerprint density at radius 1 is 1.14 bits per heavy atom. The van der Waals surface area contributed by atoms with Crippen LogP contribution < -0.4 is 24.3 Å². The molecule has 1 N–H and O–H groups in total. The molecule has 0 spiro atoms. The van der Waals surface area contributed by atoms with Crippen LogP contribution in [-0.4, -0.2) is 31.4 Å². The predicted molar refractivity (Wildman–Crippen MR) is 105 cm³/mol. The van der Waals surface area contributed by atoms with Crippen LogP contribution in [0.1, 0.15) is 10.4 Å². The third kappa shape index (κ3) is 4.34. The number of fused-ring (bicyclic) bond motifs is 1. The number of nitrogens with zero attached hydrogens (tertiary/aromatic N) is 1. The summed E-state index contributed by atoms with van der Waals surface area (Å²) in [6, 6.07) is 13.1. The van der Waals surface area contributed by atoms with Gasteiger partial charge >= 0.3 is 0 Å². The summed E-state index contributed by atoms with van der Waals surface area (Å²) in [5.41, 5.74) is 1.15. The van der Waals surface area contributed by atoms with Crippen molar-refractivity contribution in [1.29, 1.82) is 0 Å². The van der Waals surface area contributed by atoms with E-state index in [2.05, 4.69) is 10.3 Å². The number of thiazole rings is 1. The highest BCUT2D eigenvalue weighted by Gasteiger charge is 2.14. The summed E-state index contributed by atoms with van der Waals surface area (Å²) in [6.45, 7) is 0.0786. The first-order valence-electron chi connectivity index (χ1n) is 8.59. The second kappa shape index (κ2) is 8.18. The number of methoxy groups -OCH3 is 1. The van der Waals surface area contributed by atoms with Gasteiger partial charge in [0.25, 0.3) is 5.91 Å². The van der Waals surface area contributed by atoms with E-state index in [-0.39, 0.29) is 19.3 Å². The molecule has 144 valence electrons. The fourth-order valence-corrected chi connectivity index (χ4v) is 3.53. The van der Waals surface area contributed by atoms with Gasteiger partial charge in [0.2, 0.25) is 6.79 Å². The van der Waals surface area contributed by atoms with E-state index in [4.69, 9.17) is 18.9 Å². The first-order valence-corrected chi connectivity index (χ1v) is 9.41. The van der Waals surface area contributed by atoms with E-state index in [0.717, 1.165) is 22.6 Å². The summed E-state index contributed by atoms with van der Waals surface area (Å²) >= 11 is 1.44. The third-order valence-electron chi connectivity index (χ3n) is 4.05. The van der Waals surface area contributed by atoms with Crippen molar-refractivity contribution in [1.82, 2.24) is 4.98 Å². The Hall–Kier alpha value is -3.26.